The molecular weight excluding hydrogens is 365 g/mol. The van der Waals surface area contributed by atoms with Crippen LogP contribution in [0.4, 0.5) is 18.9 Å². The number of hydrogen-bond donors (Lipinski definition) is 1. The van der Waals surface area contributed by atoms with Crippen LogP contribution in [-0.2, 0) is 18.3 Å². The van der Waals surface area contributed by atoms with Crippen LogP contribution in [0.2, 0.25) is 0 Å². The number of rotatable bonds is 5. The second-order valence-corrected chi connectivity index (χ2v) is 7.14. The molecule has 1 aliphatic heterocycles. The average Bonchev–Trinajstić information content (AvgIpc) is 2.69. The summed E-state index contributed by atoms with van der Waals surface area (Å²) >= 11 is 0. The van der Waals surface area contributed by atoms with Gasteiger partial charge in [0.2, 0.25) is 0 Å². The van der Waals surface area contributed by atoms with E-state index in [1.165, 1.54) is 12.1 Å². The second kappa shape index (κ2) is 7.89. The molecule has 0 bridgehead atoms. The van der Waals surface area contributed by atoms with E-state index in [4.69, 9.17) is 0 Å². The average molecular weight is 388 g/mol. The number of aliphatic imine (C=N–C) groups is 1. The van der Waals surface area contributed by atoms with Gasteiger partial charge in [0.25, 0.3) is 0 Å². The molecule has 0 atom stereocenters. The van der Waals surface area contributed by atoms with E-state index in [2.05, 4.69) is 23.2 Å². The molecule has 0 radical (unpaired) electrons. The number of aliphatic hydroxyl groups is 1. The third kappa shape index (κ3) is 4.34. The first kappa shape index (κ1) is 20.3. The minimum Gasteiger partial charge on any atom is -0.385 e. The predicted molar refractivity (Wildman–Crippen MR) is 106 cm³/mol. The standard InChI is InChI=1S/C22H23F3N2O/c1-3-17-14-19(8-9-20(17)26-2)21(28)10-12-27(13-11-21)15-16-4-6-18(7-5-16)22(23,24)25/h3-9,14,28H,1-2,10-13,15H2. The van der Waals surface area contributed by atoms with Crippen molar-refractivity contribution in [3.8, 4) is 0 Å². The van der Waals surface area contributed by atoms with E-state index >= 15 is 0 Å². The number of benzene rings is 2. The van der Waals surface area contributed by atoms with Gasteiger partial charge in [0.05, 0.1) is 16.9 Å². The minimum atomic E-state index is -4.32. The fraction of sp³-hybridized carbons (Fsp3) is 0.318. The summed E-state index contributed by atoms with van der Waals surface area (Å²) in [6.07, 6.45) is -1.53. The molecule has 0 aliphatic carbocycles. The maximum Gasteiger partial charge on any atom is 0.416 e. The molecule has 1 heterocycles. The van der Waals surface area contributed by atoms with Gasteiger partial charge in [0.1, 0.15) is 0 Å². The lowest BCUT2D eigenvalue weighted by Crippen LogP contribution is -2.42. The molecule has 6 heteroatoms. The summed E-state index contributed by atoms with van der Waals surface area (Å²) in [7, 11) is 0. The normalized spacial score (nSPS) is 17.3. The molecule has 148 valence electrons. The summed E-state index contributed by atoms with van der Waals surface area (Å²) in [6.45, 7) is 9.19. The van der Waals surface area contributed by atoms with E-state index in [0.29, 0.717) is 32.5 Å². The Hall–Kier alpha value is -2.44. The summed E-state index contributed by atoms with van der Waals surface area (Å²) in [5, 5.41) is 11.1. The number of alkyl halides is 3. The van der Waals surface area contributed by atoms with Gasteiger partial charge < -0.3 is 5.11 Å². The van der Waals surface area contributed by atoms with Crippen LogP contribution >= 0.6 is 0 Å². The van der Waals surface area contributed by atoms with Crippen molar-refractivity contribution in [1.82, 2.24) is 4.90 Å². The topological polar surface area (TPSA) is 35.8 Å². The molecule has 0 amide bonds. The Kier molecular flexibility index (Phi) is 5.72. The molecule has 2 aromatic carbocycles. The lowest BCUT2D eigenvalue weighted by atomic mass is 9.83. The molecular formula is C22H23F3N2O. The number of piperidine rings is 1. The monoisotopic (exact) mass is 388 g/mol. The van der Waals surface area contributed by atoms with Crippen LogP contribution in [0, 0.1) is 0 Å². The Bertz CT molecular complexity index is 851. The highest BCUT2D eigenvalue weighted by Crippen LogP contribution is 2.36. The van der Waals surface area contributed by atoms with E-state index in [0.717, 1.165) is 34.5 Å². The van der Waals surface area contributed by atoms with Crippen molar-refractivity contribution < 1.29 is 18.3 Å². The van der Waals surface area contributed by atoms with Gasteiger partial charge in [0, 0.05) is 19.6 Å². The maximum absolute atomic E-state index is 12.7. The summed E-state index contributed by atoms with van der Waals surface area (Å²) in [6, 6.07) is 10.8. The van der Waals surface area contributed by atoms with Gasteiger partial charge in [-0.2, -0.15) is 13.2 Å². The van der Waals surface area contributed by atoms with Gasteiger partial charge >= 0.3 is 6.18 Å². The fourth-order valence-electron chi connectivity index (χ4n) is 3.58. The van der Waals surface area contributed by atoms with E-state index in [1.54, 1.807) is 6.08 Å². The van der Waals surface area contributed by atoms with Gasteiger partial charge in [-0.05, 0) is 60.5 Å². The minimum absolute atomic E-state index is 0.547. The molecule has 28 heavy (non-hydrogen) atoms. The van der Waals surface area contributed by atoms with E-state index < -0.39 is 17.3 Å². The Morgan fingerprint density at radius 2 is 1.75 bits per heavy atom. The van der Waals surface area contributed by atoms with Crippen LogP contribution in [0.15, 0.2) is 54.0 Å². The third-order valence-electron chi connectivity index (χ3n) is 5.33. The van der Waals surface area contributed by atoms with Crippen molar-refractivity contribution >= 4 is 18.5 Å². The maximum atomic E-state index is 12.7. The zero-order valence-electron chi connectivity index (χ0n) is 15.5. The molecule has 3 rings (SSSR count). The van der Waals surface area contributed by atoms with E-state index in [9.17, 15) is 18.3 Å². The summed E-state index contributed by atoms with van der Waals surface area (Å²) in [5.41, 5.74) is 1.63. The zero-order valence-corrected chi connectivity index (χ0v) is 15.5. The van der Waals surface area contributed by atoms with Crippen LogP contribution < -0.4 is 0 Å². The molecule has 3 nitrogen and oxygen atoms in total. The van der Waals surface area contributed by atoms with Gasteiger partial charge in [-0.1, -0.05) is 30.9 Å². The van der Waals surface area contributed by atoms with Crippen LogP contribution in [0.3, 0.4) is 0 Å². The zero-order chi connectivity index (χ0) is 20.4. The summed E-state index contributed by atoms with van der Waals surface area (Å²) < 4.78 is 38.0. The van der Waals surface area contributed by atoms with Gasteiger partial charge in [-0.25, -0.2) is 0 Å². The van der Waals surface area contributed by atoms with Crippen molar-refractivity contribution in [3.05, 3.63) is 71.3 Å². The lowest BCUT2D eigenvalue weighted by molar-refractivity contribution is -0.137. The molecule has 0 saturated carbocycles. The van der Waals surface area contributed by atoms with Gasteiger partial charge in [0.15, 0.2) is 0 Å². The molecule has 1 fully saturated rings. The number of nitrogens with zero attached hydrogens (tertiary/aromatic N) is 2. The highest BCUT2D eigenvalue weighted by molar-refractivity contribution is 5.66. The number of halogens is 3. The number of hydrogen-bond acceptors (Lipinski definition) is 3. The SMILES string of the molecule is C=Cc1cc(C2(O)CCN(Cc3ccc(C(F)(F)F)cc3)CC2)ccc1N=C. The third-order valence-corrected chi connectivity index (χ3v) is 5.33. The first-order chi connectivity index (χ1) is 13.2. The Balaban J connectivity index is 1.65. The lowest BCUT2D eigenvalue weighted by Gasteiger charge is -2.38. The molecule has 0 aromatic heterocycles. The van der Waals surface area contributed by atoms with Crippen LogP contribution in [0.5, 0.6) is 0 Å². The summed E-state index contributed by atoms with van der Waals surface area (Å²) in [4.78, 5) is 6.09. The molecule has 1 saturated heterocycles. The van der Waals surface area contributed by atoms with E-state index in [-0.39, 0.29) is 0 Å². The Morgan fingerprint density at radius 3 is 2.29 bits per heavy atom. The van der Waals surface area contributed by atoms with Crippen molar-refractivity contribution in [1.29, 1.82) is 0 Å². The predicted octanol–water partition coefficient (Wildman–Crippen LogP) is 5.16. The molecule has 1 N–H and O–H groups in total. The summed E-state index contributed by atoms with van der Waals surface area (Å²) in [5.74, 6) is 0. The van der Waals surface area contributed by atoms with Crippen molar-refractivity contribution in [2.45, 2.75) is 31.2 Å². The number of likely N-dealkylation sites (tertiary alicyclic amines) is 1. The van der Waals surface area contributed by atoms with Crippen LogP contribution in [0.1, 0.15) is 35.1 Å². The first-order valence-electron chi connectivity index (χ1n) is 9.10. The highest BCUT2D eigenvalue weighted by Gasteiger charge is 2.34. The molecule has 2 aromatic rings. The quantitative estimate of drug-likeness (QED) is 0.718. The Morgan fingerprint density at radius 1 is 1.11 bits per heavy atom. The van der Waals surface area contributed by atoms with Crippen LogP contribution in [0.25, 0.3) is 6.08 Å². The fourth-order valence-corrected chi connectivity index (χ4v) is 3.58. The van der Waals surface area contributed by atoms with Crippen molar-refractivity contribution in [2.75, 3.05) is 13.1 Å². The molecule has 0 unspecified atom stereocenters. The second-order valence-electron chi connectivity index (χ2n) is 7.14. The molecule has 0 spiro atoms. The highest BCUT2D eigenvalue weighted by atomic mass is 19.4. The largest absolute Gasteiger partial charge is 0.416 e. The van der Waals surface area contributed by atoms with Gasteiger partial charge in [-0.15, -0.1) is 0 Å². The van der Waals surface area contributed by atoms with Crippen LogP contribution in [-0.4, -0.2) is 29.8 Å². The van der Waals surface area contributed by atoms with Gasteiger partial charge in [-0.3, -0.25) is 9.89 Å². The Labute approximate surface area is 162 Å². The smallest absolute Gasteiger partial charge is 0.385 e. The first-order valence-corrected chi connectivity index (χ1v) is 9.10. The van der Waals surface area contributed by atoms with Crippen molar-refractivity contribution in [2.24, 2.45) is 4.99 Å². The molecule has 1 aliphatic rings. The van der Waals surface area contributed by atoms with Crippen molar-refractivity contribution in [3.63, 3.8) is 0 Å². The van der Waals surface area contributed by atoms with E-state index in [1.807, 2.05) is 18.2 Å².